The van der Waals surface area contributed by atoms with Crippen LogP contribution in [-0.2, 0) is 17.6 Å². The molecule has 2 fully saturated rings. The molecule has 1 saturated heterocycles. The highest BCUT2D eigenvalue weighted by Gasteiger charge is 2.52. The summed E-state index contributed by atoms with van der Waals surface area (Å²) < 4.78 is 11.2. The Kier molecular flexibility index (Phi) is 3.25. The minimum atomic E-state index is -0.141. The van der Waals surface area contributed by atoms with Crippen LogP contribution >= 0.6 is 0 Å². The lowest BCUT2D eigenvalue weighted by Gasteiger charge is -2.31. The van der Waals surface area contributed by atoms with Gasteiger partial charge in [-0.3, -0.25) is 4.79 Å². The van der Waals surface area contributed by atoms with Crippen molar-refractivity contribution in [2.75, 3.05) is 6.61 Å². The van der Waals surface area contributed by atoms with Crippen LogP contribution in [0.15, 0.2) is 4.52 Å². The van der Waals surface area contributed by atoms with Crippen molar-refractivity contribution in [3.05, 3.63) is 17.0 Å². The van der Waals surface area contributed by atoms with E-state index < -0.39 is 0 Å². The van der Waals surface area contributed by atoms with Gasteiger partial charge in [0, 0.05) is 18.6 Å². The van der Waals surface area contributed by atoms with Crippen molar-refractivity contribution in [2.45, 2.75) is 69.4 Å². The molecular formula is C16H22N2O3. The molecule has 1 aliphatic heterocycles. The van der Waals surface area contributed by atoms with Crippen molar-refractivity contribution in [1.82, 2.24) is 10.5 Å². The maximum atomic E-state index is 12.6. The second-order valence-corrected chi connectivity index (χ2v) is 6.61. The summed E-state index contributed by atoms with van der Waals surface area (Å²) in [4.78, 5) is 12.6. The summed E-state index contributed by atoms with van der Waals surface area (Å²) >= 11 is 0. The molecule has 2 heterocycles. The molecule has 1 atom stereocenters. The van der Waals surface area contributed by atoms with Gasteiger partial charge in [-0.05, 0) is 51.4 Å². The van der Waals surface area contributed by atoms with E-state index in [1.54, 1.807) is 0 Å². The molecule has 21 heavy (non-hydrogen) atoms. The predicted molar refractivity (Wildman–Crippen MR) is 76.2 cm³/mol. The number of carbonyl (C=O) groups is 1. The van der Waals surface area contributed by atoms with Gasteiger partial charge in [-0.15, -0.1) is 0 Å². The number of nitrogens with zero attached hydrogens (tertiary/aromatic N) is 1. The summed E-state index contributed by atoms with van der Waals surface area (Å²) in [6.07, 6.45) is 9.66. The van der Waals surface area contributed by atoms with Crippen LogP contribution in [0.3, 0.4) is 0 Å². The quantitative estimate of drug-likeness (QED) is 0.928. The van der Waals surface area contributed by atoms with E-state index in [2.05, 4.69) is 10.5 Å². The van der Waals surface area contributed by atoms with Gasteiger partial charge in [0.25, 0.3) is 5.91 Å². The minimum Gasteiger partial charge on any atom is -0.376 e. The molecule has 1 N–H and O–H groups in total. The van der Waals surface area contributed by atoms with Crippen LogP contribution in [0, 0.1) is 0 Å². The topological polar surface area (TPSA) is 64.4 Å². The fraction of sp³-hybridized carbons (Fsp3) is 0.750. The number of hydrogen-bond donors (Lipinski definition) is 1. The van der Waals surface area contributed by atoms with Gasteiger partial charge in [-0.2, -0.15) is 0 Å². The Labute approximate surface area is 124 Å². The SMILES string of the molecule is O=C(NC1(C2CCCCO2)CC1)c1noc2c1CCCC2. The lowest BCUT2D eigenvalue weighted by molar-refractivity contribution is -0.0140. The molecule has 5 heteroatoms. The number of carbonyl (C=O) groups excluding carboxylic acids is 1. The average molecular weight is 290 g/mol. The third-order valence-corrected chi connectivity index (χ3v) is 5.11. The third kappa shape index (κ3) is 2.37. The van der Waals surface area contributed by atoms with Gasteiger partial charge in [0.1, 0.15) is 5.76 Å². The Morgan fingerprint density at radius 1 is 1.19 bits per heavy atom. The molecule has 5 nitrogen and oxygen atoms in total. The second-order valence-electron chi connectivity index (χ2n) is 6.61. The molecule has 1 aromatic heterocycles. The maximum absolute atomic E-state index is 12.6. The minimum absolute atomic E-state index is 0.0754. The molecule has 1 aromatic rings. The Hall–Kier alpha value is -1.36. The van der Waals surface area contributed by atoms with Crippen LogP contribution in [0.4, 0.5) is 0 Å². The number of aromatic nitrogens is 1. The van der Waals surface area contributed by atoms with Gasteiger partial charge in [0.2, 0.25) is 0 Å². The van der Waals surface area contributed by atoms with Crippen LogP contribution in [0.2, 0.25) is 0 Å². The summed E-state index contributed by atoms with van der Waals surface area (Å²) in [5.41, 5.74) is 1.39. The molecule has 1 unspecified atom stereocenters. The molecule has 3 aliphatic rings. The molecule has 114 valence electrons. The first-order chi connectivity index (χ1) is 10.3. The maximum Gasteiger partial charge on any atom is 0.274 e. The number of aryl methyl sites for hydroxylation is 1. The number of nitrogens with one attached hydrogen (secondary N) is 1. The Morgan fingerprint density at radius 2 is 2.05 bits per heavy atom. The van der Waals surface area contributed by atoms with E-state index in [4.69, 9.17) is 9.26 Å². The van der Waals surface area contributed by atoms with E-state index in [-0.39, 0.29) is 17.6 Å². The Morgan fingerprint density at radius 3 is 2.81 bits per heavy atom. The average Bonchev–Trinajstić information content (AvgIpc) is 3.18. The van der Waals surface area contributed by atoms with Gasteiger partial charge in [-0.1, -0.05) is 5.16 Å². The van der Waals surface area contributed by atoms with Gasteiger partial charge in [0.05, 0.1) is 11.6 Å². The first kappa shape index (κ1) is 13.3. The normalized spacial score (nSPS) is 27.0. The van der Waals surface area contributed by atoms with Crippen LogP contribution in [0.5, 0.6) is 0 Å². The standard InChI is InChI=1S/C16H22N2O3/c19-15(14-11-5-1-2-6-12(11)21-18-14)17-16(8-9-16)13-7-3-4-10-20-13/h13H,1-10H2,(H,17,19). The predicted octanol–water partition coefficient (Wildman–Crippen LogP) is 2.38. The van der Waals surface area contributed by atoms with Crippen LogP contribution in [-0.4, -0.2) is 29.3 Å². The van der Waals surface area contributed by atoms with Crippen molar-refractivity contribution in [1.29, 1.82) is 0 Å². The number of rotatable bonds is 3. The molecule has 1 amide bonds. The summed E-state index contributed by atoms with van der Waals surface area (Å²) in [6.45, 7) is 0.821. The third-order valence-electron chi connectivity index (χ3n) is 5.11. The summed E-state index contributed by atoms with van der Waals surface area (Å²) in [5.74, 6) is 0.832. The lowest BCUT2D eigenvalue weighted by atomic mass is 9.95. The van der Waals surface area contributed by atoms with Crippen molar-refractivity contribution in [3.8, 4) is 0 Å². The second kappa shape index (κ2) is 5.13. The van der Waals surface area contributed by atoms with Crippen LogP contribution in [0.25, 0.3) is 0 Å². The zero-order valence-electron chi connectivity index (χ0n) is 12.3. The highest BCUT2D eigenvalue weighted by molar-refractivity contribution is 5.94. The highest BCUT2D eigenvalue weighted by Crippen LogP contribution is 2.43. The Balaban J connectivity index is 1.49. The monoisotopic (exact) mass is 290 g/mol. The lowest BCUT2D eigenvalue weighted by Crippen LogP contribution is -2.48. The van der Waals surface area contributed by atoms with Crippen molar-refractivity contribution >= 4 is 5.91 Å². The fourth-order valence-electron chi connectivity index (χ4n) is 3.69. The molecule has 2 aliphatic carbocycles. The van der Waals surface area contributed by atoms with E-state index in [1.807, 2.05) is 0 Å². The largest absolute Gasteiger partial charge is 0.376 e. The van der Waals surface area contributed by atoms with Gasteiger partial charge < -0.3 is 14.6 Å². The van der Waals surface area contributed by atoms with Crippen LogP contribution < -0.4 is 5.32 Å². The van der Waals surface area contributed by atoms with E-state index >= 15 is 0 Å². The van der Waals surface area contributed by atoms with E-state index in [9.17, 15) is 4.79 Å². The van der Waals surface area contributed by atoms with Gasteiger partial charge in [-0.25, -0.2) is 0 Å². The number of fused-ring (bicyclic) bond motifs is 1. The molecule has 0 bridgehead atoms. The summed E-state index contributed by atoms with van der Waals surface area (Å²) in [6, 6.07) is 0. The number of ether oxygens (including phenoxy) is 1. The fourth-order valence-corrected chi connectivity index (χ4v) is 3.69. The van der Waals surface area contributed by atoms with Crippen molar-refractivity contribution in [2.24, 2.45) is 0 Å². The van der Waals surface area contributed by atoms with E-state index in [1.165, 1.54) is 6.42 Å². The van der Waals surface area contributed by atoms with Crippen LogP contribution in [0.1, 0.15) is 66.8 Å². The van der Waals surface area contributed by atoms with Gasteiger partial charge in [0.15, 0.2) is 5.69 Å². The zero-order valence-corrected chi connectivity index (χ0v) is 12.3. The summed E-state index contributed by atoms with van der Waals surface area (Å²) in [5, 5.41) is 7.23. The molecular weight excluding hydrogens is 268 g/mol. The highest BCUT2D eigenvalue weighted by atomic mass is 16.5. The van der Waals surface area contributed by atoms with E-state index in [0.29, 0.717) is 5.69 Å². The zero-order chi connectivity index (χ0) is 14.3. The van der Waals surface area contributed by atoms with Gasteiger partial charge >= 0.3 is 0 Å². The molecule has 0 radical (unpaired) electrons. The molecule has 0 spiro atoms. The van der Waals surface area contributed by atoms with Crippen molar-refractivity contribution < 1.29 is 14.1 Å². The number of amides is 1. The first-order valence-corrected chi connectivity index (χ1v) is 8.20. The Bertz CT molecular complexity index is 542. The molecule has 1 saturated carbocycles. The van der Waals surface area contributed by atoms with Crippen molar-refractivity contribution in [3.63, 3.8) is 0 Å². The smallest absolute Gasteiger partial charge is 0.274 e. The van der Waals surface area contributed by atoms with E-state index in [0.717, 1.165) is 69.3 Å². The number of hydrogen-bond acceptors (Lipinski definition) is 4. The first-order valence-electron chi connectivity index (χ1n) is 8.20. The molecule has 0 aromatic carbocycles. The molecule has 4 rings (SSSR count). The summed E-state index contributed by atoms with van der Waals surface area (Å²) in [7, 11) is 0.